The Balaban J connectivity index is 0. The SMILES string of the molecule is ClCCl.[La]. The van der Waals surface area contributed by atoms with Crippen LogP contribution >= 0.6 is 23.2 Å². The van der Waals surface area contributed by atoms with Crippen LogP contribution in [0.2, 0.25) is 0 Å². The van der Waals surface area contributed by atoms with Gasteiger partial charge in [0.1, 0.15) is 0 Å². The van der Waals surface area contributed by atoms with Crippen molar-refractivity contribution in [3.05, 3.63) is 0 Å². The molecule has 4 heavy (non-hydrogen) atoms. The number of hydrogen-bond acceptors (Lipinski definition) is 0. The molecule has 0 N–H and O–H groups in total. The first-order valence-electron chi connectivity index (χ1n) is 0.535. The topological polar surface area (TPSA) is 0 Å². The Morgan fingerprint density at radius 3 is 1.25 bits per heavy atom. The minimum Gasteiger partial charge on any atom is -0.109 e. The third kappa shape index (κ3) is 9.23. The monoisotopic (exact) mass is 223 g/mol. The standard InChI is InChI=1S/CH2Cl2.La/c2-1-3;/h1H2;. The largest absolute Gasteiger partial charge is 0.109 e. The van der Waals surface area contributed by atoms with Crippen LogP contribution in [0, 0.1) is 35.6 Å². The molecule has 1 radical (unpaired) electrons. The van der Waals surface area contributed by atoms with Crippen molar-refractivity contribution in [2.45, 2.75) is 0 Å². The van der Waals surface area contributed by atoms with Crippen molar-refractivity contribution in [3.8, 4) is 0 Å². The van der Waals surface area contributed by atoms with Crippen molar-refractivity contribution in [1.82, 2.24) is 0 Å². The molecule has 0 unspecified atom stereocenters. The van der Waals surface area contributed by atoms with Gasteiger partial charge in [-0.2, -0.15) is 0 Å². The Hall–Kier alpha value is 1.77. The van der Waals surface area contributed by atoms with Crippen LogP contribution in [0.25, 0.3) is 0 Å². The molecule has 0 amide bonds. The maximum atomic E-state index is 4.76. The summed E-state index contributed by atoms with van der Waals surface area (Å²) in [4.78, 5) is 0. The minimum absolute atomic E-state index is 0. The van der Waals surface area contributed by atoms with Crippen LogP contribution in [0.4, 0.5) is 0 Å². The van der Waals surface area contributed by atoms with Crippen LogP contribution < -0.4 is 0 Å². The third-order valence-electron chi connectivity index (χ3n) is 0. The molecule has 0 nitrogen and oxygen atoms in total. The maximum absolute atomic E-state index is 4.76. The fraction of sp³-hybridized carbons (Fsp3) is 1.00. The summed E-state index contributed by atoms with van der Waals surface area (Å²) in [7, 11) is 0. The van der Waals surface area contributed by atoms with E-state index >= 15 is 0 Å². The second kappa shape index (κ2) is 8.84. The molecule has 0 aliphatic carbocycles. The van der Waals surface area contributed by atoms with Crippen molar-refractivity contribution in [3.63, 3.8) is 0 Å². The van der Waals surface area contributed by atoms with Gasteiger partial charge in [-0.25, -0.2) is 0 Å². The molecule has 0 bridgehead atoms. The van der Waals surface area contributed by atoms with Crippen LogP contribution in [0.1, 0.15) is 0 Å². The van der Waals surface area contributed by atoms with E-state index in [-0.39, 0.29) is 40.9 Å². The molecule has 0 aromatic carbocycles. The predicted molar refractivity (Wildman–Crippen MR) is 16.6 cm³/mol. The molecule has 0 saturated heterocycles. The van der Waals surface area contributed by atoms with Crippen molar-refractivity contribution >= 4 is 23.2 Å². The van der Waals surface area contributed by atoms with E-state index in [1.807, 2.05) is 0 Å². The van der Waals surface area contributed by atoms with E-state index < -0.39 is 0 Å². The molecule has 0 aliphatic heterocycles. The zero-order chi connectivity index (χ0) is 2.71. The molecule has 0 atom stereocenters. The zero-order valence-corrected chi connectivity index (χ0v) is 7.18. The van der Waals surface area contributed by atoms with Crippen LogP contribution in [0.5, 0.6) is 0 Å². The molecule has 0 spiro atoms. The van der Waals surface area contributed by atoms with Gasteiger partial charge in [-0.05, 0) is 0 Å². The molecule has 0 aliphatic rings. The summed E-state index contributed by atoms with van der Waals surface area (Å²) in [6.45, 7) is 0. The normalized spacial score (nSPS) is 4.50. The van der Waals surface area contributed by atoms with Crippen molar-refractivity contribution in [2.24, 2.45) is 0 Å². The molecule has 0 rings (SSSR count). The van der Waals surface area contributed by atoms with E-state index in [0.29, 0.717) is 0 Å². The van der Waals surface area contributed by atoms with Crippen LogP contribution in [-0.4, -0.2) is 5.34 Å². The smallest absolute Gasteiger partial charge is 0.0967 e. The van der Waals surface area contributed by atoms with Crippen LogP contribution in [-0.2, 0) is 0 Å². The average molecular weight is 224 g/mol. The summed E-state index contributed by atoms with van der Waals surface area (Å²) in [5.74, 6) is 0. The van der Waals surface area contributed by atoms with Gasteiger partial charge in [-0.15, -0.1) is 23.2 Å². The molecule has 0 aromatic heterocycles. The predicted octanol–water partition coefficient (Wildman–Crippen LogP) is 1.42. The molecular weight excluding hydrogens is 222 g/mol. The van der Waals surface area contributed by atoms with Crippen LogP contribution in [0.15, 0.2) is 0 Å². The van der Waals surface area contributed by atoms with Crippen molar-refractivity contribution in [2.75, 3.05) is 5.34 Å². The van der Waals surface area contributed by atoms with E-state index in [1.165, 1.54) is 0 Å². The summed E-state index contributed by atoms with van der Waals surface area (Å²) in [5, 5.41) is 0.194. The van der Waals surface area contributed by atoms with Gasteiger partial charge in [0.25, 0.3) is 0 Å². The number of rotatable bonds is 0. The first-order chi connectivity index (χ1) is 1.41. The van der Waals surface area contributed by atoms with Gasteiger partial charge in [0.05, 0.1) is 5.34 Å². The summed E-state index contributed by atoms with van der Waals surface area (Å²) < 4.78 is 0. The van der Waals surface area contributed by atoms with E-state index in [0.717, 1.165) is 0 Å². The Morgan fingerprint density at radius 1 is 1.25 bits per heavy atom. The Bertz CT molecular complexity index is 6.00. The summed E-state index contributed by atoms with van der Waals surface area (Å²) in [6, 6.07) is 0. The third-order valence-corrected chi connectivity index (χ3v) is 0. The maximum Gasteiger partial charge on any atom is 0.0967 e. The zero-order valence-electron chi connectivity index (χ0n) is 2.04. The fourth-order valence-corrected chi connectivity index (χ4v) is 0. The molecule has 0 fully saturated rings. The number of halogens is 2. The summed E-state index contributed by atoms with van der Waals surface area (Å²) in [6.07, 6.45) is 0. The molecule has 0 saturated carbocycles. The van der Waals surface area contributed by atoms with E-state index in [9.17, 15) is 0 Å². The molecule has 3 heteroatoms. The first-order valence-corrected chi connectivity index (χ1v) is 1.60. The van der Waals surface area contributed by atoms with E-state index in [2.05, 4.69) is 0 Å². The number of alkyl halides is 2. The summed E-state index contributed by atoms with van der Waals surface area (Å²) >= 11 is 9.53. The van der Waals surface area contributed by atoms with Gasteiger partial charge in [0.15, 0.2) is 0 Å². The van der Waals surface area contributed by atoms with Crippen molar-refractivity contribution < 1.29 is 35.6 Å². The van der Waals surface area contributed by atoms with Gasteiger partial charge in [0, 0.05) is 35.6 Å². The second-order valence-electron chi connectivity index (χ2n) is 0.101. The van der Waals surface area contributed by atoms with Crippen LogP contribution in [0.3, 0.4) is 0 Å². The van der Waals surface area contributed by atoms with Gasteiger partial charge >= 0.3 is 0 Å². The van der Waals surface area contributed by atoms with E-state index in [4.69, 9.17) is 23.2 Å². The fourth-order valence-electron chi connectivity index (χ4n) is 0. The Labute approximate surface area is 63.4 Å². The molecule has 0 aromatic rings. The van der Waals surface area contributed by atoms with Gasteiger partial charge in [0.2, 0.25) is 0 Å². The molecule has 23 valence electrons. The number of hydrogen-bond donors (Lipinski definition) is 0. The quantitative estimate of drug-likeness (QED) is 0.545. The average Bonchev–Trinajstić information content (AvgIpc) is 0.918. The summed E-state index contributed by atoms with van der Waals surface area (Å²) in [5.41, 5.74) is 0. The second-order valence-corrected chi connectivity index (χ2v) is 0.909. The van der Waals surface area contributed by atoms with E-state index in [1.54, 1.807) is 0 Å². The molecular formula is CH2Cl2La. The Kier molecular flexibility index (Phi) is 20.4. The first kappa shape index (κ1) is 9.24. The Morgan fingerprint density at radius 2 is 1.25 bits per heavy atom. The minimum atomic E-state index is 0. The molecule has 0 heterocycles. The van der Waals surface area contributed by atoms with Gasteiger partial charge in [-0.3, -0.25) is 0 Å². The van der Waals surface area contributed by atoms with Gasteiger partial charge in [-0.1, -0.05) is 0 Å². The van der Waals surface area contributed by atoms with Gasteiger partial charge < -0.3 is 0 Å². The van der Waals surface area contributed by atoms with Crippen molar-refractivity contribution in [1.29, 1.82) is 0 Å².